The molecule has 0 aliphatic carbocycles. The molecular formula is C12H17NO3. The maximum Gasteiger partial charge on any atom is 0.118 e. The van der Waals surface area contributed by atoms with Crippen molar-refractivity contribution in [2.75, 3.05) is 26.4 Å². The van der Waals surface area contributed by atoms with Crippen LogP contribution < -0.4 is 5.32 Å². The molecule has 0 radical (unpaired) electrons. The van der Waals surface area contributed by atoms with Gasteiger partial charge in [-0.1, -0.05) is 18.2 Å². The van der Waals surface area contributed by atoms with Gasteiger partial charge in [0.1, 0.15) is 5.75 Å². The molecule has 1 aliphatic rings. The highest BCUT2D eigenvalue weighted by Gasteiger charge is 2.32. The standard InChI is InChI=1S/C12H17NO3/c14-8-12(9-16-6-5-13-12)7-10-3-1-2-4-11(10)15/h1-4,13-15H,5-9H2. The van der Waals surface area contributed by atoms with Crippen molar-refractivity contribution in [3.63, 3.8) is 0 Å². The molecule has 0 aromatic heterocycles. The predicted octanol–water partition coefficient (Wildman–Crippen LogP) is 0.286. The van der Waals surface area contributed by atoms with Crippen molar-refractivity contribution in [1.29, 1.82) is 0 Å². The molecule has 1 aromatic carbocycles. The Morgan fingerprint density at radius 1 is 1.38 bits per heavy atom. The Morgan fingerprint density at radius 3 is 2.81 bits per heavy atom. The van der Waals surface area contributed by atoms with Crippen LogP contribution in [0, 0.1) is 0 Å². The predicted molar refractivity (Wildman–Crippen MR) is 60.4 cm³/mol. The third-order valence-corrected chi connectivity index (χ3v) is 2.95. The summed E-state index contributed by atoms with van der Waals surface area (Å²) < 4.78 is 5.38. The second-order valence-corrected chi connectivity index (χ2v) is 4.22. The van der Waals surface area contributed by atoms with Crippen molar-refractivity contribution in [2.45, 2.75) is 12.0 Å². The van der Waals surface area contributed by atoms with Crippen molar-refractivity contribution in [3.05, 3.63) is 29.8 Å². The molecule has 1 unspecified atom stereocenters. The zero-order valence-corrected chi connectivity index (χ0v) is 9.15. The van der Waals surface area contributed by atoms with Gasteiger partial charge in [0.15, 0.2) is 0 Å². The second-order valence-electron chi connectivity index (χ2n) is 4.22. The van der Waals surface area contributed by atoms with Crippen molar-refractivity contribution in [1.82, 2.24) is 5.32 Å². The third-order valence-electron chi connectivity index (χ3n) is 2.95. The molecule has 1 atom stereocenters. The van der Waals surface area contributed by atoms with Crippen LogP contribution in [0.4, 0.5) is 0 Å². The van der Waals surface area contributed by atoms with Gasteiger partial charge in [-0.05, 0) is 18.1 Å². The fraction of sp³-hybridized carbons (Fsp3) is 0.500. The molecule has 0 spiro atoms. The average Bonchev–Trinajstić information content (AvgIpc) is 2.33. The number of ether oxygens (including phenoxy) is 1. The van der Waals surface area contributed by atoms with Gasteiger partial charge in [0.25, 0.3) is 0 Å². The monoisotopic (exact) mass is 223 g/mol. The lowest BCUT2D eigenvalue weighted by Crippen LogP contribution is -2.58. The van der Waals surface area contributed by atoms with Crippen LogP contribution in [0.3, 0.4) is 0 Å². The molecule has 4 nitrogen and oxygen atoms in total. The van der Waals surface area contributed by atoms with Crippen LogP contribution in [0.1, 0.15) is 5.56 Å². The molecule has 3 N–H and O–H groups in total. The van der Waals surface area contributed by atoms with E-state index in [9.17, 15) is 10.2 Å². The van der Waals surface area contributed by atoms with Gasteiger partial charge in [-0.25, -0.2) is 0 Å². The van der Waals surface area contributed by atoms with E-state index in [1.807, 2.05) is 12.1 Å². The topological polar surface area (TPSA) is 61.7 Å². The molecular weight excluding hydrogens is 206 g/mol. The number of aromatic hydroxyl groups is 1. The zero-order chi connectivity index (χ0) is 11.4. The fourth-order valence-electron chi connectivity index (χ4n) is 2.00. The largest absolute Gasteiger partial charge is 0.508 e. The first-order chi connectivity index (χ1) is 7.76. The summed E-state index contributed by atoms with van der Waals surface area (Å²) in [5.41, 5.74) is 0.367. The van der Waals surface area contributed by atoms with Gasteiger partial charge in [0, 0.05) is 6.54 Å². The molecule has 1 saturated heterocycles. The SMILES string of the molecule is OCC1(Cc2ccccc2O)COCCN1. The van der Waals surface area contributed by atoms with E-state index in [1.165, 1.54) is 0 Å². The Balaban J connectivity index is 2.15. The summed E-state index contributed by atoms with van der Waals surface area (Å²) in [6.45, 7) is 1.87. The quantitative estimate of drug-likeness (QED) is 0.689. The lowest BCUT2D eigenvalue weighted by molar-refractivity contribution is -0.000919. The summed E-state index contributed by atoms with van der Waals surface area (Å²) in [7, 11) is 0. The maximum absolute atomic E-state index is 9.70. The first-order valence-electron chi connectivity index (χ1n) is 5.46. The van der Waals surface area contributed by atoms with E-state index in [0.717, 1.165) is 12.1 Å². The zero-order valence-electron chi connectivity index (χ0n) is 9.15. The highest BCUT2D eigenvalue weighted by molar-refractivity contribution is 5.33. The van der Waals surface area contributed by atoms with E-state index in [2.05, 4.69) is 5.32 Å². The summed E-state index contributed by atoms with van der Waals surface area (Å²) in [6.07, 6.45) is 0.566. The molecule has 0 bridgehead atoms. The highest BCUT2D eigenvalue weighted by atomic mass is 16.5. The number of para-hydroxylation sites is 1. The Bertz CT molecular complexity index is 348. The minimum atomic E-state index is -0.461. The third kappa shape index (κ3) is 2.35. The lowest BCUT2D eigenvalue weighted by atomic mass is 9.91. The lowest BCUT2D eigenvalue weighted by Gasteiger charge is -2.36. The second kappa shape index (κ2) is 4.82. The Morgan fingerprint density at radius 2 is 2.19 bits per heavy atom. The molecule has 1 heterocycles. The van der Waals surface area contributed by atoms with Crippen LogP contribution in [0.25, 0.3) is 0 Å². The van der Waals surface area contributed by atoms with Crippen molar-refractivity contribution < 1.29 is 14.9 Å². The Labute approximate surface area is 94.9 Å². The van der Waals surface area contributed by atoms with Crippen LogP contribution >= 0.6 is 0 Å². The number of rotatable bonds is 3. The maximum atomic E-state index is 9.70. The van der Waals surface area contributed by atoms with E-state index in [4.69, 9.17) is 4.74 Å². The number of phenols is 1. The highest BCUT2D eigenvalue weighted by Crippen LogP contribution is 2.23. The van der Waals surface area contributed by atoms with Crippen LogP contribution in [-0.4, -0.2) is 42.1 Å². The molecule has 88 valence electrons. The minimum Gasteiger partial charge on any atom is -0.508 e. The van der Waals surface area contributed by atoms with E-state index in [0.29, 0.717) is 19.6 Å². The normalized spacial score (nSPS) is 25.6. The van der Waals surface area contributed by atoms with Crippen LogP contribution in [-0.2, 0) is 11.2 Å². The van der Waals surface area contributed by atoms with E-state index in [-0.39, 0.29) is 12.4 Å². The van der Waals surface area contributed by atoms with E-state index in [1.54, 1.807) is 12.1 Å². The number of nitrogens with one attached hydrogen (secondary N) is 1. The number of phenolic OH excluding ortho intramolecular Hbond substituents is 1. The molecule has 4 heteroatoms. The number of benzene rings is 1. The van der Waals surface area contributed by atoms with Gasteiger partial charge >= 0.3 is 0 Å². The average molecular weight is 223 g/mol. The molecule has 0 amide bonds. The van der Waals surface area contributed by atoms with Gasteiger partial charge in [-0.3, -0.25) is 0 Å². The Kier molecular flexibility index (Phi) is 3.43. The van der Waals surface area contributed by atoms with Crippen molar-refractivity contribution in [2.24, 2.45) is 0 Å². The smallest absolute Gasteiger partial charge is 0.118 e. The molecule has 2 rings (SSSR count). The first-order valence-corrected chi connectivity index (χ1v) is 5.46. The number of aliphatic hydroxyl groups excluding tert-OH is 1. The summed E-state index contributed by atoms with van der Waals surface area (Å²) in [4.78, 5) is 0. The minimum absolute atomic E-state index is 0.00132. The number of hydrogen-bond donors (Lipinski definition) is 3. The van der Waals surface area contributed by atoms with Gasteiger partial charge < -0.3 is 20.3 Å². The molecule has 1 aliphatic heterocycles. The number of aliphatic hydroxyl groups is 1. The van der Waals surface area contributed by atoms with Crippen LogP contribution in [0.15, 0.2) is 24.3 Å². The first kappa shape index (κ1) is 11.4. The van der Waals surface area contributed by atoms with Gasteiger partial charge in [0.05, 0.1) is 25.4 Å². The van der Waals surface area contributed by atoms with Crippen molar-refractivity contribution in [3.8, 4) is 5.75 Å². The number of morpholine rings is 1. The van der Waals surface area contributed by atoms with E-state index < -0.39 is 5.54 Å². The van der Waals surface area contributed by atoms with Gasteiger partial charge in [0.2, 0.25) is 0 Å². The van der Waals surface area contributed by atoms with Gasteiger partial charge in [-0.2, -0.15) is 0 Å². The molecule has 1 fully saturated rings. The summed E-state index contributed by atoms with van der Waals surface area (Å²) in [5.74, 6) is 0.266. The summed E-state index contributed by atoms with van der Waals surface area (Å²) in [6, 6.07) is 7.19. The molecule has 16 heavy (non-hydrogen) atoms. The summed E-state index contributed by atoms with van der Waals surface area (Å²) in [5, 5.41) is 22.4. The van der Waals surface area contributed by atoms with Crippen molar-refractivity contribution >= 4 is 0 Å². The fourth-order valence-corrected chi connectivity index (χ4v) is 2.00. The molecule has 0 saturated carbocycles. The van der Waals surface area contributed by atoms with E-state index >= 15 is 0 Å². The Hall–Kier alpha value is -1.10. The van der Waals surface area contributed by atoms with Crippen LogP contribution in [0.2, 0.25) is 0 Å². The number of hydrogen-bond acceptors (Lipinski definition) is 4. The van der Waals surface area contributed by atoms with Crippen LogP contribution in [0.5, 0.6) is 5.75 Å². The van der Waals surface area contributed by atoms with Gasteiger partial charge in [-0.15, -0.1) is 0 Å². The summed E-state index contributed by atoms with van der Waals surface area (Å²) >= 11 is 0. The molecule has 1 aromatic rings.